The standard InChI is InChI=1S/C24H29FN4O5S.C19H22FN3O6S2.C7H12O.CH4/c1-24(2,3)34-23(31)28(4)18-8-13(25)7-15-14(18)9-17-20(15)21(27-22(26-17)35(5,32)33)29-10-12-6-19(30)16(12)11-29;1-19(2,3)29-18(24)23(4)14-8-10(20)7-12-11(14)9-13-15(12)16(30(5,25)26)22-17(21-13)31(6,27)28;8-7-4-5-2-1-3-6(5)7;/h7-8,12,16,19,30H,6,9-11H2,1-5H3;7-8H,9H2,1-6H3;5-8H,1-4H2;1H4. The first-order valence-corrected chi connectivity index (χ1v) is 29.9. The van der Waals surface area contributed by atoms with Crippen molar-refractivity contribution >= 4 is 58.9 Å². The average Bonchev–Trinajstić information content (AvgIpc) is 4.04. The largest absolute Gasteiger partial charge is 0.443 e. The van der Waals surface area contributed by atoms with Gasteiger partial charge in [0.25, 0.3) is 0 Å². The van der Waals surface area contributed by atoms with Gasteiger partial charge in [-0.1, -0.05) is 13.8 Å². The third kappa shape index (κ3) is 11.8. The van der Waals surface area contributed by atoms with Gasteiger partial charge in [0.15, 0.2) is 14.9 Å². The smallest absolute Gasteiger partial charge is 0.414 e. The topological polar surface area (TPSA) is 257 Å². The van der Waals surface area contributed by atoms with E-state index in [1.54, 1.807) is 41.5 Å². The molecule has 410 valence electrons. The van der Waals surface area contributed by atoms with Crippen LogP contribution in [0.3, 0.4) is 0 Å². The first-order valence-electron chi connectivity index (χ1n) is 24.2. The van der Waals surface area contributed by atoms with Crippen LogP contribution in [0.5, 0.6) is 0 Å². The normalized spacial score (nSPS) is 21.9. The van der Waals surface area contributed by atoms with E-state index in [2.05, 4.69) is 19.9 Å². The molecule has 6 unspecified atom stereocenters. The van der Waals surface area contributed by atoms with E-state index in [4.69, 9.17) is 14.6 Å². The molecule has 24 heteroatoms. The van der Waals surface area contributed by atoms with Crippen LogP contribution in [0.2, 0.25) is 0 Å². The van der Waals surface area contributed by atoms with Crippen molar-refractivity contribution in [1.29, 1.82) is 0 Å². The molecule has 0 radical (unpaired) electrons. The molecule has 75 heavy (non-hydrogen) atoms. The highest BCUT2D eigenvalue weighted by Gasteiger charge is 2.48. The van der Waals surface area contributed by atoms with E-state index in [0.717, 1.165) is 54.1 Å². The SMILES string of the molecule is C.CN(C(=O)OC(C)(C)C)c1cc(F)cc2c1Cc1nc(S(C)(=O)=O)nc(N3CC4CC(O)C4C3)c1-2.CN(C(=O)OC(C)(C)C)c1cc(F)cc2c1Cc1nc(S(C)(=O)=O)nc(S(C)(=O)=O)c1-2.OC1CC2CCCC12. The number of nitrogens with zero attached hydrogens (tertiary/aromatic N) is 7. The minimum Gasteiger partial charge on any atom is -0.443 e. The summed E-state index contributed by atoms with van der Waals surface area (Å²) < 4.78 is 114. The number of fused-ring (bicyclic) bond motifs is 8. The molecule has 6 aliphatic rings. The summed E-state index contributed by atoms with van der Waals surface area (Å²) in [5.74, 6) is 1.21. The second kappa shape index (κ2) is 20.2. The van der Waals surface area contributed by atoms with Crippen molar-refractivity contribution in [1.82, 2.24) is 19.9 Å². The molecule has 2 N–H and O–H groups in total. The second-order valence-electron chi connectivity index (χ2n) is 22.2. The van der Waals surface area contributed by atoms with Crippen molar-refractivity contribution in [2.45, 2.75) is 133 Å². The summed E-state index contributed by atoms with van der Waals surface area (Å²) in [5, 5.41) is 17.8. The lowest BCUT2D eigenvalue weighted by Gasteiger charge is -2.36. The molecule has 2 aromatic heterocycles. The Balaban J connectivity index is 0.000000188. The Labute approximate surface area is 437 Å². The highest BCUT2D eigenvalue weighted by Crippen LogP contribution is 2.50. The van der Waals surface area contributed by atoms with Gasteiger partial charge in [-0.15, -0.1) is 0 Å². The Hall–Kier alpha value is -5.43. The Kier molecular flexibility index (Phi) is 15.4. The number of hydrogen-bond acceptors (Lipinski definition) is 17. The van der Waals surface area contributed by atoms with Gasteiger partial charge in [-0.3, -0.25) is 9.80 Å². The number of hydrogen-bond donors (Lipinski definition) is 2. The molecule has 4 aromatic rings. The van der Waals surface area contributed by atoms with Gasteiger partial charge in [0, 0.05) is 75.8 Å². The number of benzene rings is 2. The van der Waals surface area contributed by atoms with Gasteiger partial charge in [-0.25, -0.2) is 63.6 Å². The summed E-state index contributed by atoms with van der Waals surface area (Å²) in [7, 11) is -8.69. The molecule has 2 aromatic carbocycles. The highest BCUT2D eigenvalue weighted by molar-refractivity contribution is 7.91. The summed E-state index contributed by atoms with van der Waals surface area (Å²) >= 11 is 0. The van der Waals surface area contributed by atoms with Crippen LogP contribution in [0.15, 0.2) is 39.6 Å². The fourth-order valence-corrected chi connectivity index (χ4v) is 12.6. The van der Waals surface area contributed by atoms with Crippen molar-refractivity contribution < 1.29 is 63.3 Å². The summed E-state index contributed by atoms with van der Waals surface area (Å²) in [4.78, 5) is 46.2. The van der Waals surface area contributed by atoms with Crippen molar-refractivity contribution in [2.24, 2.45) is 23.7 Å². The average molecular weight is 1100 g/mol. The van der Waals surface area contributed by atoms with Crippen LogP contribution in [-0.2, 0) is 51.8 Å². The molecule has 4 fully saturated rings. The van der Waals surface area contributed by atoms with E-state index in [0.29, 0.717) is 64.9 Å². The third-order valence-electron chi connectivity index (χ3n) is 14.1. The summed E-state index contributed by atoms with van der Waals surface area (Å²) in [6.45, 7) is 11.5. The van der Waals surface area contributed by atoms with E-state index in [9.17, 15) is 48.7 Å². The Morgan fingerprint density at radius 2 is 1.09 bits per heavy atom. The highest BCUT2D eigenvalue weighted by atomic mass is 32.2. The fourth-order valence-electron chi connectivity index (χ4n) is 10.6. The molecule has 0 spiro atoms. The van der Waals surface area contributed by atoms with Gasteiger partial charge in [0.05, 0.1) is 35.0 Å². The fraction of sp³-hybridized carbons (Fsp3) is 0.569. The number of halogens is 2. The van der Waals surface area contributed by atoms with Crippen LogP contribution in [0.4, 0.5) is 35.6 Å². The van der Waals surface area contributed by atoms with Gasteiger partial charge >= 0.3 is 12.2 Å². The number of ether oxygens (including phenoxy) is 2. The van der Waals surface area contributed by atoms with Gasteiger partial charge < -0.3 is 24.6 Å². The molecular formula is C51H67F2N7O12S3. The maximum Gasteiger partial charge on any atom is 0.414 e. The Morgan fingerprint density at radius 1 is 0.640 bits per heavy atom. The molecule has 1 saturated heterocycles. The first-order chi connectivity index (χ1) is 34.1. The lowest BCUT2D eigenvalue weighted by molar-refractivity contribution is -0.0145. The maximum absolute atomic E-state index is 14.9. The van der Waals surface area contributed by atoms with E-state index in [1.165, 1.54) is 50.4 Å². The molecule has 19 nitrogen and oxygen atoms in total. The monoisotopic (exact) mass is 1100 g/mol. The van der Waals surface area contributed by atoms with E-state index in [-0.39, 0.29) is 66.1 Å². The molecule has 5 aliphatic carbocycles. The predicted molar refractivity (Wildman–Crippen MR) is 277 cm³/mol. The molecule has 10 rings (SSSR count). The summed E-state index contributed by atoms with van der Waals surface area (Å²) in [6.07, 6.45) is 7.20. The molecular weight excluding hydrogens is 1040 g/mol. The zero-order chi connectivity index (χ0) is 54.5. The maximum atomic E-state index is 14.9. The Morgan fingerprint density at radius 3 is 1.51 bits per heavy atom. The zero-order valence-electron chi connectivity index (χ0n) is 43.2. The minimum absolute atomic E-state index is 0. The summed E-state index contributed by atoms with van der Waals surface area (Å²) in [6, 6.07) is 4.89. The van der Waals surface area contributed by atoms with E-state index in [1.807, 2.05) is 4.90 Å². The van der Waals surface area contributed by atoms with Crippen molar-refractivity contribution in [3.63, 3.8) is 0 Å². The molecule has 6 atom stereocenters. The van der Waals surface area contributed by atoms with Crippen LogP contribution in [0.1, 0.15) is 104 Å². The van der Waals surface area contributed by atoms with Crippen LogP contribution in [-0.4, -0.2) is 137 Å². The minimum atomic E-state index is -3.98. The molecule has 1 aliphatic heterocycles. The van der Waals surface area contributed by atoms with Crippen LogP contribution in [0.25, 0.3) is 22.3 Å². The second-order valence-corrected chi connectivity index (χ2v) is 28.0. The third-order valence-corrected chi connectivity index (χ3v) is 16.8. The predicted octanol–water partition coefficient (Wildman–Crippen LogP) is 6.95. The van der Waals surface area contributed by atoms with Gasteiger partial charge in [-0.2, -0.15) is 0 Å². The Bertz CT molecular complexity index is 3310. The number of amides is 2. The van der Waals surface area contributed by atoms with Crippen LogP contribution < -0.4 is 14.7 Å². The quantitative estimate of drug-likeness (QED) is 0.126. The number of carbonyl (C=O) groups excluding carboxylic acids is 2. The van der Waals surface area contributed by atoms with Crippen LogP contribution >= 0.6 is 0 Å². The number of aliphatic hydroxyl groups excluding tert-OH is 2. The lowest BCUT2D eigenvalue weighted by Crippen LogP contribution is -2.39. The number of aromatic nitrogens is 4. The number of aliphatic hydroxyl groups is 2. The number of carbonyl (C=O) groups is 2. The van der Waals surface area contributed by atoms with Crippen molar-refractivity contribution in [2.75, 3.05) is 60.7 Å². The van der Waals surface area contributed by atoms with E-state index < -0.39 is 74.7 Å². The molecule has 3 heterocycles. The molecule has 3 saturated carbocycles. The lowest BCUT2D eigenvalue weighted by atomic mass is 9.74. The number of rotatable bonds is 6. The van der Waals surface area contributed by atoms with Gasteiger partial charge in [-0.05, 0) is 131 Å². The molecule has 0 bridgehead atoms. The zero-order valence-corrected chi connectivity index (χ0v) is 45.7. The number of anilines is 3. The van der Waals surface area contributed by atoms with Gasteiger partial charge in [0.2, 0.25) is 30.0 Å². The molecule has 2 amide bonds. The summed E-state index contributed by atoms with van der Waals surface area (Å²) in [5.41, 5.74) is 1.93. The van der Waals surface area contributed by atoms with Crippen molar-refractivity contribution in [3.8, 4) is 22.3 Å². The van der Waals surface area contributed by atoms with Crippen LogP contribution in [0, 0.1) is 35.3 Å². The van der Waals surface area contributed by atoms with E-state index >= 15 is 0 Å². The first kappa shape index (κ1) is 57.3. The van der Waals surface area contributed by atoms with Gasteiger partial charge in [0.1, 0.15) is 28.7 Å². The van der Waals surface area contributed by atoms with Crippen molar-refractivity contribution in [3.05, 3.63) is 58.4 Å². The number of sulfone groups is 3.